The Morgan fingerprint density at radius 3 is 2.57 bits per heavy atom. The Morgan fingerprint density at radius 1 is 1.38 bits per heavy atom. The summed E-state index contributed by atoms with van der Waals surface area (Å²) in [7, 11) is 1.57. The Hall–Kier alpha value is -1.75. The molecule has 0 heterocycles. The van der Waals surface area contributed by atoms with E-state index in [2.05, 4.69) is 26.1 Å². The normalized spacial score (nSPS) is 12.8. The van der Waals surface area contributed by atoms with Gasteiger partial charge in [-0.1, -0.05) is 20.8 Å². The minimum atomic E-state index is -0.520. The predicted molar refractivity (Wildman–Crippen MR) is 85.5 cm³/mol. The van der Waals surface area contributed by atoms with E-state index in [1.807, 2.05) is 0 Å². The number of anilines is 2. The topological polar surface area (TPSA) is 73.6 Å². The molecule has 0 aliphatic rings. The fourth-order valence-corrected chi connectivity index (χ4v) is 1.63. The van der Waals surface area contributed by atoms with Crippen LogP contribution in [-0.2, 0) is 9.53 Å². The van der Waals surface area contributed by atoms with E-state index >= 15 is 0 Å². The summed E-state index contributed by atoms with van der Waals surface area (Å²) >= 11 is 0. The lowest BCUT2D eigenvalue weighted by Gasteiger charge is -2.20. The zero-order valence-electron chi connectivity index (χ0n) is 13.5. The van der Waals surface area contributed by atoms with Gasteiger partial charge in [-0.05, 0) is 30.9 Å². The summed E-state index contributed by atoms with van der Waals surface area (Å²) in [5, 5.41) is 2.76. The Labute approximate surface area is 126 Å². The van der Waals surface area contributed by atoms with Crippen molar-refractivity contribution < 1.29 is 14.3 Å². The van der Waals surface area contributed by atoms with Crippen molar-refractivity contribution in [2.45, 2.75) is 40.2 Å². The molecule has 1 rings (SSSR count). The van der Waals surface area contributed by atoms with Crippen molar-refractivity contribution in [2.24, 2.45) is 5.41 Å². The third-order valence-corrected chi connectivity index (χ3v) is 3.11. The van der Waals surface area contributed by atoms with Crippen molar-refractivity contribution in [1.82, 2.24) is 0 Å². The summed E-state index contributed by atoms with van der Waals surface area (Å²) in [6, 6.07) is 5.13. The van der Waals surface area contributed by atoms with Crippen molar-refractivity contribution in [3.63, 3.8) is 0 Å². The van der Waals surface area contributed by atoms with Crippen molar-refractivity contribution in [3.05, 3.63) is 18.2 Å². The number of methoxy groups -OCH3 is 1. The third kappa shape index (κ3) is 6.04. The van der Waals surface area contributed by atoms with E-state index in [-0.39, 0.29) is 11.3 Å². The van der Waals surface area contributed by atoms with Crippen molar-refractivity contribution in [2.75, 3.05) is 24.8 Å². The number of nitrogens with one attached hydrogen (secondary N) is 1. The molecule has 0 saturated carbocycles. The fourth-order valence-electron chi connectivity index (χ4n) is 1.63. The molecule has 0 aliphatic heterocycles. The first-order chi connectivity index (χ1) is 9.73. The lowest BCUT2D eigenvalue weighted by atomic mass is 9.93. The molecule has 0 aromatic heterocycles. The van der Waals surface area contributed by atoms with Gasteiger partial charge in [-0.15, -0.1) is 0 Å². The van der Waals surface area contributed by atoms with E-state index in [1.54, 1.807) is 32.2 Å². The van der Waals surface area contributed by atoms with Gasteiger partial charge >= 0.3 is 0 Å². The lowest BCUT2D eigenvalue weighted by molar-refractivity contribution is -0.126. The minimum absolute atomic E-state index is 0.191. The van der Waals surface area contributed by atoms with Crippen LogP contribution in [0.15, 0.2) is 18.2 Å². The maximum Gasteiger partial charge on any atom is 0.253 e. The Morgan fingerprint density at radius 2 is 2.05 bits per heavy atom. The van der Waals surface area contributed by atoms with Crippen LogP contribution in [0, 0.1) is 5.41 Å². The quantitative estimate of drug-likeness (QED) is 0.791. The molecule has 5 nitrogen and oxygen atoms in total. The Kier molecular flexibility index (Phi) is 6.03. The van der Waals surface area contributed by atoms with Crippen LogP contribution < -0.4 is 15.8 Å². The van der Waals surface area contributed by atoms with Gasteiger partial charge in [0.25, 0.3) is 5.91 Å². The van der Waals surface area contributed by atoms with Crippen molar-refractivity contribution in [3.8, 4) is 5.75 Å². The number of carbonyl (C=O) groups is 1. The van der Waals surface area contributed by atoms with Crippen LogP contribution in [0.1, 0.15) is 34.1 Å². The van der Waals surface area contributed by atoms with Crippen molar-refractivity contribution >= 4 is 17.3 Å². The van der Waals surface area contributed by atoms with Crippen LogP contribution in [0.25, 0.3) is 0 Å². The molecule has 1 amide bonds. The van der Waals surface area contributed by atoms with Crippen LogP contribution in [0.2, 0.25) is 0 Å². The maximum atomic E-state index is 12.1. The number of nitrogen functional groups attached to an aromatic ring is 1. The van der Waals surface area contributed by atoms with Gasteiger partial charge in [-0.2, -0.15) is 0 Å². The Bertz CT molecular complexity index is 481. The molecule has 3 N–H and O–H groups in total. The largest absolute Gasteiger partial charge is 0.497 e. The first-order valence-corrected chi connectivity index (χ1v) is 7.09. The van der Waals surface area contributed by atoms with Gasteiger partial charge in [0.05, 0.1) is 18.5 Å². The van der Waals surface area contributed by atoms with Crippen LogP contribution in [-0.4, -0.2) is 25.7 Å². The van der Waals surface area contributed by atoms with Gasteiger partial charge in [0.1, 0.15) is 11.9 Å². The number of hydrogen-bond acceptors (Lipinski definition) is 4. The standard InChI is InChI=1S/C16H26N2O3/c1-11(21-9-8-16(2,3)4)15(19)18-14-7-6-12(20-5)10-13(14)17/h6-7,10-11H,8-9,17H2,1-5H3,(H,18,19). The van der Waals surface area contributed by atoms with Gasteiger partial charge < -0.3 is 20.5 Å². The van der Waals surface area contributed by atoms with E-state index in [0.717, 1.165) is 6.42 Å². The fraction of sp³-hybridized carbons (Fsp3) is 0.562. The highest BCUT2D eigenvalue weighted by atomic mass is 16.5. The minimum Gasteiger partial charge on any atom is -0.497 e. The first kappa shape index (κ1) is 17.3. The van der Waals surface area contributed by atoms with E-state index in [1.165, 1.54) is 0 Å². The van der Waals surface area contributed by atoms with E-state index in [0.29, 0.717) is 23.7 Å². The van der Waals surface area contributed by atoms with Crippen LogP contribution in [0.5, 0.6) is 5.75 Å². The van der Waals surface area contributed by atoms with E-state index < -0.39 is 6.10 Å². The van der Waals surface area contributed by atoms with Gasteiger partial charge in [0.15, 0.2) is 0 Å². The maximum absolute atomic E-state index is 12.1. The van der Waals surface area contributed by atoms with E-state index in [9.17, 15) is 4.79 Å². The van der Waals surface area contributed by atoms with Gasteiger partial charge in [-0.25, -0.2) is 0 Å². The van der Waals surface area contributed by atoms with Gasteiger partial charge in [0.2, 0.25) is 0 Å². The number of amides is 1. The third-order valence-electron chi connectivity index (χ3n) is 3.11. The zero-order valence-corrected chi connectivity index (χ0v) is 13.5. The van der Waals surface area contributed by atoms with Gasteiger partial charge in [0, 0.05) is 12.7 Å². The molecule has 0 fully saturated rings. The zero-order chi connectivity index (χ0) is 16.0. The summed E-state index contributed by atoms with van der Waals surface area (Å²) in [5.74, 6) is 0.445. The highest BCUT2D eigenvalue weighted by Gasteiger charge is 2.17. The molecule has 118 valence electrons. The van der Waals surface area contributed by atoms with Crippen LogP contribution >= 0.6 is 0 Å². The molecule has 0 bridgehead atoms. The van der Waals surface area contributed by atoms with Crippen molar-refractivity contribution in [1.29, 1.82) is 0 Å². The molecule has 0 saturated heterocycles. The average molecular weight is 294 g/mol. The lowest BCUT2D eigenvalue weighted by Crippen LogP contribution is -2.29. The molecule has 1 unspecified atom stereocenters. The van der Waals surface area contributed by atoms with Crippen LogP contribution in [0.3, 0.4) is 0 Å². The van der Waals surface area contributed by atoms with Crippen LogP contribution in [0.4, 0.5) is 11.4 Å². The summed E-state index contributed by atoms with van der Waals surface area (Å²) in [5.41, 5.74) is 7.08. The second kappa shape index (κ2) is 7.31. The summed E-state index contributed by atoms with van der Waals surface area (Å²) in [6.45, 7) is 8.70. The Balaban J connectivity index is 2.52. The molecule has 0 spiro atoms. The summed E-state index contributed by atoms with van der Waals surface area (Å²) < 4.78 is 10.6. The van der Waals surface area contributed by atoms with Gasteiger partial charge in [-0.3, -0.25) is 4.79 Å². The molecule has 21 heavy (non-hydrogen) atoms. The number of benzene rings is 1. The second-order valence-corrected chi connectivity index (χ2v) is 6.27. The highest BCUT2D eigenvalue weighted by molar-refractivity contribution is 5.96. The monoisotopic (exact) mass is 294 g/mol. The molecule has 1 aromatic rings. The summed E-state index contributed by atoms with van der Waals surface area (Å²) in [4.78, 5) is 12.1. The van der Waals surface area contributed by atoms with E-state index in [4.69, 9.17) is 15.2 Å². The number of ether oxygens (including phenoxy) is 2. The molecule has 1 atom stereocenters. The molecule has 0 radical (unpaired) electrons. The predicted octanol–water partition coefficient (Wildman–Crippen LogP) is 3.06. The smallest absolute Gasteiger partial charge is 0.253 e. The molecule has 5 heteroatoms. The number of rotatable bonds is 6. The molecular weight excluding hydrogens is 268 g/mol. The average Bonchev–Trinajstić information content (AvgIpc) is 2.39. The molecule has 1 aromatic carbocycles. The molecular formula is C16H26N2O3. The number of hydrogen-bond donors (Lipinski definition) is 2. The first-order valence-electron chi connectivity index (χ1n) is 7.09. The summed E-state index contributed by atoms with van der Waals surface area (Å²) in [6.07, 6.45) is 0.379. The highest BCUT2D eigenvalue weighted by Crippen LogP contribution is 2.24. The molecule has 0 aliphatic carbocycles. The second-order valence-electron chi connectivity index (χ2n) is 6.27. The number of carbonyl (C=O) groups excluding carboxylic acids is 1. The SMILES string of the molecule is COc1ccc(NC(=O)C(C)OCCC(C)(C)C)c(N)c1. The number of nitrogens with two attached hydrogens (primary N) is 1.